The van der Waals surface area contributed by atoms with Crippen LogP contribution in [0.15, 0.2) is 30.3 Å². The van der Waals surface area contributed by atoms with Crippen LogP contribution in [0.5, 0.6) is 0 Å². The molecule has 0 saturated carbocycles. The molecule has 0 aromatic heterocycles. The molecular formula is C16H22N2O3. The van der Waals surface area contributed by atoms with Crippen molar-refractivity contribution in [2.75, 3.05) is 13.1 Å². The molecule has 2 rings (SSSR count). The fourth-order valence-electron chi connectivity index (χ4n) is 2.59. The van der Waals surface area contributed by atoms with Gasteiger partial charge in [0, 0.05) is 19.5 Å². The first-order valence-electron chi connectivity index (χ1n) is 7.29. The monoisotopic (exact) mass is 290 g/mol. The summed E-state index contributed by atoms with van der Waals surface area (Å²) in [4.78, 5) is 25.2. The SMILES string of the molecule is CC1CN(C(=O)N[C@@H](Cc2ccccc2)C(=O)O)CC1C. The molecule has 5 heteroatoms. The fourth-order valence-corrected chi connectivity index (χ4v) is 2.59. The first kappa shape index (κ1) is 15.4. The number of hydrogen-bond acceptors (Lipinski definition) is 2. The van der Waals surface area contributed by atoms with Crippen LogP contribution < -0.4 is 5.32 Å². The number of rotatable bonds is 4. The molecule has 1 aromatic carbocycles. The van der Waals surface area contributed by atoms with Crippen molar-refractivity contribution in [3.05, 3.63) is 35.9 Å². The molecule has 3 atom stereocenters. The van der Waals surface area contributed by atoms with Crippen LogP contribution in [0.1, 0.15) is 19.4 Å². The molecule has 2 N–H and O–H groups in total. The molecule has 21 heavy (non-hydrogen) atoms. The van der Waals surface area contributed by atoms with E-state index in [0.29, 0.717) is 31.3 Å². The largest absolute Gasteiger partial charge is 0.480 e. The molecule has 114 valence electrons. The third-order valence-corrected chi connectivity index (χ3v) is 4.15. The van der Waals surface area contributed by atoms with Gasteiger partial charge in [0.05, 0.1) is 0 Å². The molecule has 5 nitrogen and oxygen atoms in total. The first-order valence-corrected chi connectivity index (χ1v) is 7.29. The number of carbonyl (C=O) groups excluding carboxylic acids is 1. The van der Waals surface area contributed by atoms with E-state index in [-0.39, 0.29) is 6.03 Å². The number of carboxylic acid groups (broad SMARTS) is 1. The zero-order valence-corrected chi connectivity index (χ0v) is 12.5. The highest BCUT2D eigenvalue weighted by Crippen LogP contribution is 2.22. The minimum absolute atomic E-state index is 0.283. The summed E-state index contributed by atoms with van der Waals surface area (Å²) < 4.78 is 0. The Morgan fingerprint density at radius 1 is 1.24 bits per heavy atom. The molecule has 0 radical (unpaired) electrons. The van der Waals surface area contributed by atoms with Crippen molar-refractivity contribution in [1.29, 1.82) is 0 Å². The van der Waals surface area contributed by atoms with Crippen molar-refractivity contribution < 1.29 is 14.7 Å². The second-order valence-corrected chi connectivity index (χ2v) is 5.89. The first-order chi connectivity index (χ1) is 9.97. The van der Waals surface area contributed by atoms with Crippen molar-refractivity contribution in [2.24, 2.45) is 11.8 Å². The summed E-state index contributed by atoms with van der Waals surface area (Å²) in [6.07, 6.45) is 0.293. The highest BCUT2D eigenvalue weighted by Gasteiger charge is 2.31. The van der Waals surface area contributed by atoms with Crippen molar-refractivity contribution in [1.82, 2.24) is 10.2 Å². The van der Waals surface area contributed by atoms with Crippen LogP contribution in [0.3, 0.4) is 0 Å². The van der Waals surface area contributed by atoms with Crippen LogP contribution in [-0.2, 0) is 11.2 Å². The van der Waals surface area contributed by atoms with Gasteiger partial charge in [-0.3, -0.25) is 0 Å². The van der Waals surface area contributed by atoms with Crippen molar-refractivity contribution in [2.45, 2.75) is 26.3 Å². The molecule has 0 bridgehead atoms. The third kappa shape index (κ3) is 3.97. The van der Waals surface area contributed by atoms with E-state index >= 15 is 0 Å². The van der Waals surface area contributed by atoms with E-state index in [1.807, 2.05) is 30.3 Å². The lowest BCUT2D eigenvalue weighted by molar-refractivity contribution is -0.139. The number of carbonyl (C=O) groups is 2. The summed E-state index contributed by atoms with van der Waals surface area (Å²) in [6, 6.07) is 8.15. The average molecular weight is 290 g/mol. The normalized spacial score (nSPS) is 22.9. The smallest absolute Gasteiger partial charge is 0.326 e. The zero-order chi connectivity index (χ0) is 15.4. The standard InChI is InChI=1S/C16H22N2O3/c1-11-9-18(10-12(11)2)16(21)17-14(15(19)20)8-13-6-4-3-5-7-13/h3-7,11-12,14H,8-10H2,1-2H3,(H,17,21)(H,19,20)/t11?,12?,14-/m0/s1. The van der Waals surface area contributed by atoms with Crippen LogP contribution in [0.25, 0.3) is 0 Å². The number of urea groups is 1. The van der Waals surface area contributed by atoms with Gasteiger partial charge in [-0.1, -0.05) is 44.2 Å². The molecule has 1 heterocycles. The molecule has 1 aliphatic rings. The Balaban J connectivity index is 1.97. The van der Waals surface area contributed by atoms with Gasteiger partial charge in [-0.15, -0.1) is 0 Å². The lowest BCUT2D eigenvalue weighted by atomic mass is 10.0. The number of hydrogen-bond donors (Lipinski definition) is 2. The van der Waals surface area contributed by atoms with Gasteiger partial charge in [-0.05, 0) is 17.4 Å². The molecule has 0 spiro atoms. The molecule has 0 aliphatic carbocycles. The maximum absolute atomic E-state index is 12.2. The number of nitrogens with zero attached hydrogens (tertiary/aromatic N) is 1. The van der Waals surface area contributed by atoms with Crippen LogP contribution in [0.4, 0.5) is 4.79 Å². The van der Waals surface area contributed by atoms with Crippen molar-refractivity contribution in [3.8, 4) is 0 Å². The van der Waals surface area contributed by atoms with Gasteiger partial charge < -0.3 is 15.3 Å². The van der Waals surface area contributed by atoms with Gasteiger partial charge >= 0.3 is 12.0 Å². The number of likely N-dealkylation sites (tertiary alicyclic amines) is 1. The van der Waals surface area contributed by atoms with E-state index < -0.39 is 12.0 Å². The lowest BCUT2D eigenvalue weighted by Gasteiger charge is -2.21. The predicted octanol–water partition coefficient (Wildman–Crippen LogP) is 1.98. The summed E-state index contributed by atoms with van der Waals surface area (Å²) in [5, 5.41) is 11.9. The van der Waals surface area contributed by atoms with Gasteiger partial charge in [0.2, 0.25) is 0 Å². The lowest BCUT2D eigenvalue weighted by Crippen LogP contribution is -2.48. The maximum atomic E-state index is 12.2. The predicted molar refractivity (Wildman–Crippen MR) is 80.0 cm³/mol. The molecular weight excluding hydrogens is 268 g/mol. The van der Waals surface area contributed by atoms with E-state index in [1.54, 1.807) is 4.90 Å². The number of aliphatic carboxylic acids is 1. The summed E-state index contributed by atoms with van der Waals surface area (Å²) in [6.45, 7) is 5.59. The van der Waals surface area contributed by atoms with Gasteiger partial charge in [-0.25, -0.2) is 9.59 Å². The second kappa shape index (κ2) is 6.61. The van der Waals surface area contributed by atoms with Gasteiger partial charge in [0.1, 0.15) is 6.04 Å². The molecule has 1 saturated heterocycles. The summed E-state index contributed by atoms with van der Waals surface area (Å²) >= 11 is 0. The second-order valence-electron chi connectivity index (χ2n) is 5.89. The Morgan fingerprint density at radius 2 is 1.81 bits per heavy atom. The van der Waals surface area contributed by atoms with Crippen LogP contribution in [0, 0.1) is 11.8 Å². The Labute approximate surface area is 125 Å². The van der Waals surface area contributed by atoms with E-state index in [4.69, 9.17) is 0 Å². The summed E-state index contributed by atoms with van der Waals surface area (Å²) in [7, 11) is 0. The number of carboxylic acids is 1. The van der Waals surface area contributed by atoms with Crippen LogP contribution in [-0.4, -0.2) is 41.1 Å². The molecule has 2 unspecified atom stereocenters. The minimum atomic E-state index is -1.01. The molecule has 1 fully saturated rings. The Morgan fingerprint density at radius 3 is 2.33 bits per heavy atom. The average Bonchev–Trinajstić information content (AvgIpc) is 2.79. The molecule has 1 aliphatic heterocycles. The van der Waals surface area contributed by atoms with E-state index in [9.17, 15) is 14.7 Å². The van der Waals surface area contributed by atoms with Gasteiger partial charge in [0.25, 0.3) is 0 Å². The maximum Gasteiger partial charge on any atom is 0.326 e. The van der Waals surface area contributed by atoms with E-state index in [1.165, 1.54) is 0 Å². The van der Waals surface area contributed by atoms with Crippen LogP contribution in [0.2, 0.25) is 0 Å². The molecule has 2 amide bonds. The zero-order valence-electron chi connectivity index (χ0n) is 12.5. The van der Waals surface area contributed by atoms with Crippen molar-refractivity contribution >= 4 is 12.0 Å². The Hall–Kier alpha value is -2.04. The quantitative estimate of drug-likeness (QED) is 0.891. The van der Waals surface area contributed by atoms with Gasteiger partial charge in [-0.2, -0.15) is 0 Å². The molecule has 1 aromatic rings. The van der Waals surface area contributed by atoms with E-state index in [2.05, 4.69) is 19.2 Å². The fraction of sp³-hybridized carbons (Fsp3) is 0.500. The van der Waals surface area contributed by atoms with Crippen LogP contribution >= 0.6 is 0 Å². The number of nitrogens with one attached hydrogen (secondary N) is 1. The summed E-state index contributed by atoms with van der Waals surface area (Å²) in [5.41, 5.74) is 0.897. The number of benzene rings is 1. The topological polar surface area (TPSA) is 69.6 Å². The Bertz CT molecular complexity index is 494. The minimum Gasteiger partial charge on any atom is -0.480 e. The highest BCUT2D eigenvalue weighted by atomic mass is 16.4. The van der Waals surface area contributed by atoms with E-state index in [0.717, 1.165) is 5.56 Å². The van der Waals surface area contributed by atoms with Gasteiger partial charge in [0.15, 0.2) is 0 Å². The number of amides is 2. The highest BCUT2D eigenvalue weighted by molar-refractivity contribution is 5.83. The third-order valence-electron chi connectivity index (χ3n) is 4.15. The van der Waals surface area contributed by atoms with Crippen molar-refractivity contribution in [3.63, 3.8) is 0 Å². The summed E-state index contributed by atoms with van der Waals surface area (Å²) in [5.74, 6) is -0.103. The Kier molecular flexibility index (Phi) is 4.83.